The van der Waals surface area contributed by atoms with Crippen LogP contribution in [0.4, 0.5) is 5.82 Å². The minimum atomic E-state index is -0.0610. The molecule has 1 amide bonds. The number of hydrogen-bond donors (Lipinski definition) is 1. The Morgan fingerprint density at radius 3 is 2.71 bits per heavy atom. The Kier molecular flexibility index (Phi) is 4.67. The Hall–Kier alpha value is -1.82. The van der Waals surface area contributed by atoms with E-state index in [-0.39, 0.29) is 11.3 Å². The van der Waals surface area contributed by atoms with Crippen LogP contribution in [0.15, 0.2) is 35.5 Å². The number of aromatic nitrogens is 3. The van der Waals surface area contributed by atoms with E-state index in [1.54, 1.807) is 10.9 Å². The van der Waals surface area contributed by atoms with Crippen molar-refractivity contribution in [2.75, 3.05) is 11.1 Å². The predicted molar refractivity (Wildman–Crippen MR) is 85.5 cm³/mol. The molecule has 0 fully saturated rings. The zero-order chi connectivity index (χ0) is 15.5. The van der Waals surface area contributed by atoms with Crippen molar-refractivity contribution in [2.24, 2.45) is 7.05 Å². The van der Waals surface area contributed by atoms with Crippen LogP contribution in [0.2, 0.25) is 0 Å². The highest BCUT2D eigenvalue weighted by Gasteiger charge is 2.19. The standard InChI is InChI=1S/C15H20N4OS/c1-15(2,3)11-9-12(19(4)18-11)17-13(20)10-21-14-7-5-6-8-16-14/h5-9H,10H2,1-4H3,(H,17,20). The fourth-order valence-corrected chi connectivity index (χ4v) is 2.36. The number of anilines is 1. The molecule has 0 spiro atoms. The van der Waals surface area contributed by atoms with Crippen LogP contribution in [0.1, 0.15) is 26.5 Å². The van der Waals surface area contributed by atoms with Crippen LogP contribution < -0.4 is 5.32 Å². The topological polar surface area (TPSA) is 59.8 Å². The number of carbonyl (C=O) groups excluding carboxylic acids is 1. The van der Waals surface area contributed by atoms with Crippen LogP contribution in [-0.4, -0.2) is 26.4 Å². The predicted octanol–water partition coefficient (Wildman–Crippen LogP) is 2.84. The summed E-state index contributed by atoms with van der Waals surface area (Å²) in [5.74, 6) is 0.980. The number of carbonyl (C=O) groups is 1. The number of pyridine rings is 1. The van der Waals surface area contributed by atoms with Crippen LogP contribution in [0.3, 0.4) is 0 Å². The first-order valence-corrected chi connectivity index (χ1v) is 7.73. The summed E-state index contributed by atoms with van der Waals surface area (Å²) in [6.07, 6.45) is 1.72. The molecule has 0 radical (unpaired) electrons. The molecule has 0 saturated heterocycles. The van der Waals surface area contributed by atoms with Crippen molar-refractivity contribution in [2.45, 2.75) is 31.2 Å². The molecule has 21 heavy (non-hydrogen) atoms. The molecule has 0 aliphatic carbocycles. The molecular formula is C15H20N4OS. The van der Waals surface area contributed by atoms with Crippen molar-refractivity contribution >= 4 is 23.5 Å². The Morgan fingerprint density at radius 1 is 1.38 bits per heavy atom. The summed E-state index contributed by atoms with van der Waals surface area (Å²) < 4.78 is 1.70. The average Bonchev–Trinajstić information content (AvgIpc) is 2.79. The molecule has 1 N–H and O–H groups in total. The van der Waals surface area contributed by atoms with Gasteiger partial charge in [0.05, 0.1) is 16.5 Å². The maximum Gasteiger partial charge on any atom is 0.235 e. The van der Waals surface area contributed by atoms with E-state index < -0.39 is 0 Å². The largest absolute Gasteiger partial charge is 0.310 e. The number of aryl methyl sites for hydroxylation is 1. The van der Waals surface area contributed by atoms with Crippen molar-refractivity contribution in [3.63, 3.8) is 0 Å². The summed E-state index contributed by atoms with van der Waals surface area (Å²) in [4.78, 5) is 16.2. The summed E-state index contributed by atoms with van der Waals surface area (Å²) in [6, 6.07) is 7.57. The van der Waals surface area contributed by atoms with Gasteiger partial charge in [0, 0.05) is 24.7 Å². The quantitative estimate of drug-likeness (QED) is 0.882. The second-order valence-electron chi connectivity index (χ2n) is 5.79. The molecule has 0 saturated carbocycles. The second-order valence-corrected chi connectivity index (χ2v) is 6.79. The van der Waals surface area contributed by atoms with Crippen molar-refractivity contribution in [1.82, 2.24) is 14.8 Å². The number of thioether (sulfide) groups is 1. The first-order valence-electron chi connectivity index (χ1n) is 6.74. The molecule has 5 nitrogen and oxygen atoms in total. The lowest BCUT2D eigenvalue weighted by atomic mass is 9.92. The number of nitrogens with zero attached hydrogens (tertiary/aromatic N) is 3. The summed E-state index contributed by atoms with van der Waals surface area (Å²) >= 11 is 1.41. The van der Waals surface area contributed by atoms with Crippen LogP contribution >= 0.6 is 11.8 Å². The van der Waals surface area contributed by atoms with Gasteiger partial charge in [-0.25, -0.2) is 4.98 Å². The molecule has 2 heterocycles. The van der Waals surface area contributed by atoms with Gasteiger partial charge in [-0.2, -0.15) is 5.10 Å². The normalized spacial score (nSPS) is 11.4. The summed E-state index contributed by atoms with van der Waals surface area (Å²) in [6.45, 7) is 6.29. The van der Waals surface area contributed by atoms with Crippen LogP contribution in [0.25, 0.3) is 0 Å². The highest BCUT2D eigenvalue weighted by atomic mass is 32.2. The van der Waals surface area contributed by atoms with Gasteiger partial charge in [0.2, 0.25) is 5.91 Å². The highest BCUT2D eigenvalue weighted by Crippen LogP contribution is 2.23. The van der Waals surface area contributed by atoms with Crippen molar-refractivity contribution < 1.29 is 4.79 Å². The van der Waals surface area contributed by atoms with Gasteiger partial charge < -0.3 is 5.32 Å². The summed E-state index contributed by atoms with van der Waals surface area (Å²) in [7, 11) is 1.83. The third-order valence-corrected chi connectivity index (χ3v) is 3.85. The lowest BCUT2D eigenvalue weighted by Crippen LogP contribution is -2.16. The van der Waals surface area contributed by atoms with Crippen molar-refractivity contribution in [3.05, 3.63) is 36.2 Å². The molecule has 2 aromatic rings. The number of amides is 1. The minimum Gasteiger partial charge on any atom is -0.310 e. The third-order valence-electron chi connectivity index (χ3n) is 2.90. The van der Waals surface area contributed by atoms with Gasteiger partial charge in [0.15, 0.2) is 0 Å². The SMILES string of the molecule is Cn1nc(C(C)(C)C)cc1NC(=O)CSc1ccccn1. The Morgan fingerprint density at radius 2 is 2.14 bits per heavy atom. The molecule has 6 heteroatoms. The smallest absolute Gasteiger partial charge is 0.235 e. The van der Waals surface area contributed by atoms with Gasteiger partial charge in [-0.05, 0) is 12.1 Å². The summed E-state index contributed by atoms with van der Waals surface area (Å²) in [5.41, 5.74) is 0.918. The number of hydrogen-bond acceptors (Lipinski definition) is 4. The first-order chi connectivity index (χ1) is 9.86. The molecule has 0 aliphatic heterocycles. The van der Waals surface area contributed by atoms with E-state index in [9.17, 15) is 4.79 Å². The number of nitrogens with one attached hydrogen (secondary N) is 1. The van der Waals surface area contributed by atoms with Gasteiger partial charge in [-0.1, -0.05) is 38.6 Å². The van der Waals surface area contributed by atoms with E-state index in [4.69, 9.17) is 0 Å². The van der Waals surface area contributed by atoms with Crippen molar-refractivity contribution in [3.8, 4) is 0 Å². The minimum absolute atomic E-state index is 0.0382. The van der Waals surface area contributed by atoms with E-state index in [1.807, 2.05) is 31.3 Å². The lowest BCUT2D eigenvalue weighted by Gasteiger charge is -2.13. The molecular weight excluding hydrogens is 284 g/mol. The van der Waals surface area contributed by atoms with Gasteiger partial charge in [-0.3, -0.25) is 9.48 Å². The fourth-order valence-electron chi connectivity index (χ4n) is 1.70. The van der Waals surface area contributed by atoms with Crippen LogP contribution in [-0.2, 0) is 17.3 Å². The van der Waals surface area contributed by atoms with Gasteiger partial charge in [0.25, 0.3) is 0 Å². The Labute approximate surface area is 129 Å². The van der Waals surface area contributed by atoms with E-state index in [0.29, 0.717) is 11.6 Å². The molecule has 2 rings (SSSR count). The zero-order valence-corrected chi connectivity index (χ0v) is 13.6. The zero-order valence-electron chi connectivity index (χ0n) is 12.8. The maximum absolute atomic E-state index is 12.0. The molecule has 0 aromatic carbocycles. The number of rotatable bonds is 4. The molecule has 112 valence electrons. The highest BCUT2D eigenvalue weighted by molar-refractivity contribution is 7.99. The molecule has 0 atom stereocenters. The maximum atomic E-state index is 12.0. The monoisotopic (exact) mass is 304 g/mol. The Balaban J connectivity index is 1.95. The first kappa shape index (κ1) is 15.6. The second kappa shape index (κ2) is 6.30. The lowest BCUT2D eigenvalue weighted by molar-refractivity contribution is -0.113. The summed E-state index contributed by atoms with van der Waals surface area (Å²) in [5, 5.41) is 8.16. The fraction of sp³-hybridized carbons (Fsp3) is 0.400. The molecule has 0 aliphatic rings. The molecule has 0 bridgehead atoms. The van der Waals surface area contributed by atoms with E-state index >= 15 is 0 Å². The molecule has 2 aromatic heterocycles. The van der Waals surface area contributed by atoms with E-state index in [0.717, 1.165) is 10.7 Å². The molecule has 0 unspecified atom stereocenters. The van der Waals surface area contributed by atoms with E-state index in [1.165, 1.54) is 11.8 Å². The van der Waals surface area contributed by atoms with Crippen LogP contribution in [0, 0.1) is 0 Å². The van der Waals surface area contributed by atoms with Gasteiger partial charge in [-0.15, -0.1) is 0 Å². The van der Waals surface area contributed by atoms with Crippen LogP contribution in [0.5, 0.6) is 0 Å². The van der Waals surface area contributed by atoms with Gasteiger partial charge in [0.1, 0.15) is 5.82 Å². The average molecular weight is 304 g/mol. The van der Waals surface area contributed by atoms with Gasteiger partial charge >= 0.3 is 0 Å². The third kappa shape index (κ3) is 4.32. The Bertz CT molecular complexity index is 616. The van der Waals surface area contributed by atoms with E-state index in [2.05, 4.69) is 36.2 Å². The van der Waals surface area contributed by atoms with Crippen molar-refractivity contribution in [1.29, 1.82) is 0 Å².